The fourth-order valence-electron chi connectivity index (χ4n) is 7.09. The maximum atomic E-state index is 17.4. The average Bonchev–Trinajstić information content (AvgIpc) is 3.74. The van der Waals surface area contributed by atoms with E-state index < -0.39 is 11.6 Å². The Labute approximate surface area is 272 Å². The summed E-state index contributed by atoms with van der Waals surface area (Å²) in [4.78, 5) is 18.2. The average molecular weight is 653 g/mol. The number of nitrogens with zero attached hydrogens (tertiary/aromatic N) is 8. The summed E-state index contributed by atoms with van der Waals surface area (Å²) in [6.07, 6.45) is 5.29. The topological polar surface area (TPSA) is 148 Å². The van der Waals surface area contributed by atoms with Gasteiger partial charge in [-0.15, -0.1) is 11.3 Å². The van der Waals surface area contributed by atoms with E-state index in [2.05, 4.69) is 33.0 Å². The molecular weight excluding hydrogens is 622 g/mol. The standard InChI is InChI=1S/C33H30F2N10OS/c1-16(18-6-3-9-39-30(18)37)44-11-12-45-28-21(14-40-45)23(19-7-8-22(34)29-24(19)20(13-36)31(38)47-29)26(35)27-25(28)32(44)42-33(41-27)46-15-17-5-4-10-43(17)2/h3,6-9,14,16-17H,4-5,10-12,15,38H2,1-2H3,(H2,37,39)/t16-,17-/m0/s1. The van der Waals surface area contributed by atoms with E-state index in [0.717, 1.165) is 36.3 Å². The van der Waals surface area contributed by atoms with Gasteiger partial charge in [-0.25, -0.2) is 13.8 Å². The molecule has 8 rings (SSSR count). The minimum absolute atomic E-state index is 0.0338. The molecule has 0 radical (unpaired) electrons. The smallest absolute Gasteiger partial charge is 0.319 e. The molecular formula is C33H30F2N10OS. The Morgan fingerprint density at radius 3 is 2.77 bits per heavy atom. The van der Waals surface area contributed by atoms with E-state index in [1.54, 1.807) is 12.4 Å². The molecule has 0 amide bonds. The summed E-state index contributed by atoms with van der Waals surface area (Å²) in [5.74, 6) is -0.319. The number of fused-ring (bicyclic) bond motifs is 1. The van der Waals surface area contributed by atoms with Crippen LogP contribution in [0.1, 0.15) is 36.9 Å². The zero-order valence-corrected chi connectivity index (χ0v) is 26.5. The summed E-state index contributed by atoms with van der Waals surface area (Å²) >= 11 is 0.965. The van der Waals surface area contributed by atoms with Crippen LogP contribution in [0.2, 0.25) is 0 Å². The maximum Gasteiger partial charge on any atom is 0.319 e. The quantitative estimate of drug-likeness (QED) is 0.232. The van der Waals surface area contributed by atoms with Gasteiger partial charge >= 0.3 is 6.01 Å². The summed E-state index contributed by atoms with van der Waals surface area (Å²) in [6, 6.07) is 8.54. The van der Waals surface area contributed by atoms with Gasteiger partial charge in [0.15, 0.2) is 5.82 Å². The van der Waals surface area contributed by atoms with Crippen molar-refractivity contribution in [3.63, 3.8) is 0 Å². The van der Waals surface area contributed by atoms with Crippen LogP contribution in [0.25, 0.3) is 43.0 Å². The van der Waals surface area contributed by atoms with E-state index in [4.69, 9.17) is 26.2 Å². The fourth-order valence-corrected chi connectivity index (χ4v) is 8.03. The molecule has 0 spiro atoms. The number of anilines is 3. The lowest BCUT2D eigenvalue weighted by Gasteiger charge is -2.31. The van der Waals surface area contributed by atoms with Gasteiger partial charge in [-0.3, -0.25) is 4.68 Å². The van der Waals surface area contributed by atoms with E-state index >= 15 is 8.78 Å². The van der Waals surface area contributed by atoms with Gasteiger partial charge in [-0.05, 0) is 51.1 Å². The zero-order chi connectivity index (χ0) is 32.6. The molecule has 4 aromatic heterocycles. The molecule has 0 bridgehead atoms. The number of nitrogen functional groups attached to an aromatic ring is 2. The zero-order valence-electron chi connectivity index (χ0n) is 25.7. The Hall–Kier alpha value is -5.13. The molecule has 0 unspecified atom stereocenters. The van der Waals surface area contributed by atoms with Crippen LogP contribution >= 0.6 is 11.3 Å². The molecule has 0 saturated carbocycles. The third-order valence-electron chi connectivity index (χ3n) is 9.53. The largest absolute Gasteiger partial charge is 0.462 e. The van der Waals surface area contributed by atoms with Gasteiger partial charge in [0.25, 0.3) is 0 Å². The molecule has 0 aliphatic carbocycles. The number of nitrogens with two attached hydrogens (primary N) is 2. The molecule has 11 nitrogen and oxygen atoms in total. The van der Waals surface area contributed by atoms with Crippen molar-refractivity contribution in [3.05, 3.63) is 59.4 Å². The van der Waals surface area contributed by atoms with Gasteiger partial charge in [0, 0.05) is 40.7 Å². The number of thiophene rings is 1. The summed E-state index contributed by atoms with van der Waals surface area (Å²) in [5, 5.41) is 16.0. The molecule has 6 aromatic rings. The van der Waals surface area contributed by atoms with Crippen LogP contribution < -0.4 is 21.1 Å². The number of ether oxygens (including phenoxy) is 1. The first-order valence-corrected chi connectivity index (χ1v) is 16.2. The molecule has 238 valence electrons. The highest BCUT2D eigenvalue weighted by atomic mass is 32.1. The van der Waals surface area contributed by atoms with E-state index in [-0.39, 0.29) is 49.8 Å². The van der Waals surface area contributed by atoms with Gasteiger partial charge in [0.05, 0.1) is 39.9 Å². The molecule has 6 heterocycles. The molecule has 2 aliphatic heterocycles. The molecule has 2 aliphatic rings. The first-order valence-electron chi connectivity index (χ1n) is 15.4. The van der Waals surface area contributed by atoms with Gasteiger partial charge in [0.2, 0.25) is 0 Å². The highest BCUT2D eigenvalue weighted by molar-refractivity contribution is 7.23. The van der Waals surface area contributed by atoms with Crippen LogP contribution in [0.4, 0.5) is 25.4 Å². The number of nitriles is 1. The molecule has 14 heteroatoms. The fraction of sp³-hybridized carbons (Fsp3) is 0.303. The molecule has 47 heavy (non-hydrogen) atoms. The Balaban J connectivity index is 1.41. The minimum atomic E-state index is -0.657. The van der Waals surface area contributed by atoms with E-state index in [1.807, 2.05) is 23.7 Å². The molecule has 2 atom stereocenters. The van der Waals surface area contributed by atoms with Crippen molar-refractivity contribution >= 4 is 59.9 Å². The van der Waals surface area contributed by atoms with Crippen LogP contribution in [0, 0.1) is 23.0 Å². The maximum absolute atomic E-state index is 17.4. The van der Waals surface area contributed by atoms with Crippen LogP contribution in [0.5, 0.6) is 6.01 Å². The van der Waals surface area contributed by atoms with Crippen LogP contribution in [-0.2, 0) is 6.54 Å². The Morgan fingerprint density at radius 2 is 2.00 bits per heavy atom. The summed E-state index contributed by atoms with van der Waals surface area (Å²) in [5.41, 5.74) is 14.5. The van der Waals surface area contributed by atoms with Crippen molar-refractivity contribution in [1.29, 1.82) is 5.26 Å². The second kappa shape index (κ2) is 11.0. The van der Waals surface area contributed by atoms with E-state index in [0.29, 0.717) is 53.2 Å². The number of hydrogen-bond acceptors (Lipinski definition) is 11. The Morgan fingerprint density at radius 1 is 1.15 bits per heavy atom. The van der Waals surface area contributed by atoms with Crippen molar-refractivity contribution < 1.29 is 13.5 Å². The van der Waals surface area contributed by atoms with Crippen molar-refractivity contribution in [3.8, 4) is 23.2 Å². The highest BCUT2D eigenvalue weighted by Gasteiger charge is 2.33. The number of likely N-dealkylation sites (tertiary alicyclic amines) is 1. The Kier molecular flexibility index (Phi) is 6.85. The first kappa shape index (κ1) is 29.3. The van der Waals surface area contributed by atoms with Crippen molar-refractivity contribution in [1.82, 2.24) is 29.6 Å². The third-order valence-corrected chi connectivity index (χ3v) is 10.6. The summed E-state index contributed by atoms with van der Waals surface area (Å²) in [6.45, 7) is 4.24. The van der Waals surface area contributed by atoms with Crippen molar-refractivity contribution in [2.75, 3.05) is 43.1 Å². The Bertz CT molecular complexity index is 2280. The minimum Gasteiger partial charge on any atom is -0.462 e. The molecule has 1 saturated heterocycles. The van der Waals surface area contributed by atoms with E-state index in [1.165, 1.54) is 12.1 Å². The van der Waals surface area contributed by atoms with Gasteiger partial charge in [-0.1, -0.05) is 12.1 Å². The van der Waals surface area contributed by atoms with Crippen molar-refractivity contribution in [2.24, 2.45) is 0 Å². The normalized spacial score (nSPS) is 17.2. The lowest BCUT2D eigenvalue weighted by molar-refractivity contribution is 0.188. The summed E-state index contributed by atoms with van der Waals surface area (Å²) < 4.78 is 40.6. The third kappa shape index (κ3) is 4.44. The second-order valence-electron chi connectivity index (χ2n) is 12.1. The van der Waals surface area contributed by atoms with Gasteiger partial charge in [-0.2, -0.15) is 20.3 Å². The lowest BCUT2D eigenvalue weighted by atomic mass is 9.94. The van der Waals surface area contributed by atoms with Crippen LogP contribution in [-0.4, -0.2) is 62.4 Å². The number of benzene rings is 2. The lowest BCUT2D eigenvalue weighted by Crippen LogP contribution is -2.32. The number of aromatic nitrogens is 5. The second-order valence-corrected chi connectivity index (χ2v) is 13.1. The number of hydrogen-bond donors (Lipinski definition) is 2. The number of halogens is 2. The molecule has 2 aromatic carbocycles. The van der Waals surface area contributed by atoms with Crippen LogP contribution in [0.3, 0.4) is 0 Å². The van der Waals surface area contributed by atoms with Gasteiger partial charge < -0.3 is 26.0 Å². The SMILES string of the molecule is C[C@@H](c1cccnc1N)N1CCn2ncc3c(-c4ccc(F)c5sc(N)c(C#N)c45)c(F)c4nc(OC[C@@H]5CCCN5C)nc1c4c32. The highest BCUT2D eigenvalue weighted by Crippen LogP contribution is 2.48. The predicted molar refractivity (Wildman–Crippen MR) is 178 cm³/mol. The number of likely N-dealkylation sites (N-methyl/N-ethyl adjacent to an activating group) is 1. The van der Waals surface area contributed by atoms with Gasteiger partial charge in [0.1, 0.15) is 40.6 Å². The monoisotopic (exact) mass is 652 g/mol. The summed E-state index contributed by atoms with van der Waals surface area (Å²) in [7, 11) is 2.05. The number of rotatable bonds is 6. The molecule has 1 fully saturated rings. The first-order chi connectivity index (χ1) is 22.8. The van der Waals surface area contributed by atoms with Crippen LogP contribution in [0.15, 0.2) is 36.7 Å². The number of pyridine rings is 1. The molecule has 4 N–H and O–H groups in total. The van der Waals surface area contributed by atoms with E-state index in [9.17, 15) is 5.26 Å². The predicted octanol–water partition coefficient (Wildman–Crippen LogP) is 5.62. The van der Waals surface area contributed by atoms with Crippen molar-refractivity contribution in [2.45, 2.75) is 38.4 Å².